The first-order valence-electron chi connectivity index (χ1n) is 6.77. The van der Waals surface area contributed by atoms with E-state index in [1.165, 1.54) is 6.07 Å². The van der Waals surface area contributed by atoms with E-state index in [1.807, 2.05) is 17.9 Å². The Bertz CT molecular complexity index is 518. The number of non-ortho nitro benzene ring substituents is 1. The Morgan fingerprint density at radius 3 is 2.95 bits per heavy atom. The maximum atomic E-state index is 11.3. The number of carbonyl (C=O) groups is 1. The summed E-state index contributed by atoms with van der Waals surface area (Å²) in [5.74, 6) is -0.814. The summed E-state index contributed by atoms with van der Waals surface area (Å²) in [6, 6.07) is 5.92. The van der Waals surface area contributed by atoms with Gasteiger partial charge in [0, 0.05) is 18.2 Å². The van der Waals surface area contributed by atoms with Crippen LogP contribution in [0.25, 0.3) is 0 Å². The predicted molar refractivity (Wildman–Crippen MR) is 73.5 cm³/mol. The lowest BCUT2D eigenvalue weighted by molar-refractivity contribution is -0.385. The molecule has 2 rings (SSSR count). The highest BCUT2D eigenvalue weighted by atomic mass is 16.6. The Balaban J connectivity index is 2.30. The molecule has 20 heavy (non-hydrogen) atoms. The molecule has 0 spiro atoms. The summed E-state index contributed by atoms with van der Waals surface area (Å²) in [6.07, 6.45) is 2.22. The highest BCUT2D eigenvalue weighted by molar-refractivity contribution is 5.73. The molecule has 1 aromatic carbocycles. The molecule has 6 heteroatoms. The van der Waals surface area contributed by atoms with Crippen molar-refractivity contribution in [3.8, 4) is 0 Å². The summed E-state index contributed by atoms with van der Waals surface area (Å²) in [5, 5.41) is 20.1. The molecule has 0 saturated carbocycles. The standard InChI is InChI=1S/C14H18N2O4/c1-2-12(15-8-4-7-13(15)14(17)18)10-5-3-6-11(9-10)16(19)20/h3,5-6,9,12-13H,2,4,7-8H2,1H3,(H,17,18). The van der Waals surface area contributed by atoms with Gasteiger partial charge in [-0.05, 0) is 31.4 Å². The zero-order valence-corrected chi connectivity index (χ0v) is 11.4. The van der Waals surface area contributed by atoms with E-state index < -0.39 is 16.9 Å². The van der Waals surface area contributed by atoms with Crippen LogP contribution >= 0.6 is 0 Å². The van der Waals surface area contributed by atoms with Crippen molar-refractivity contribution >= 4 is 11.7 Å². The molecular formula is C14H18N2O4. The Morgan fingerprint density at radius 1 is 1.60 bits per heavy atom. The number of hydrogen-bond acceptors (Lipinski definition) is 4. The monoisotopic (exact) mass is 278 g/mol. The first-order chi connectivity index (χ1) is 9.54. The van der Waals surface area contributed by atoms with Gasteiger partial charge in [-0.25, -0.2) is 0 Å². The average Bonchev–Trinajstić information content (AvgIpc) is 2.89. The molecule has 0 bridgehead atoms. The minimum atomic E-state index is -0.814. The second-order valence-corrected chi connectivity index (χ2v) is 5.01. The third-order valence-electron chi connectivity index (χ3n) is 3.83. The lowest BCUT2D eigenvalue weighted by Crippen LogP contribution is -2.38. The Labute approximate surface area is 117 Å². The second kappa shape index (κ2) is 6.00. The van der Waals surface area contributed by atoms with E-state index in [1.54, 1.807) is 12.1 Å². The molecule has 0 radical (unpaired) electrons. The molecule has 1 aliphatic rings. The number of aliphatic carboxylic acids is 1. The van der Waals surface area contributed by atoms with Crippen molar-refractivity contribution in [2.75, 3.05) is 6.54 Å². The van der Waals surface area contributed by atoms with Crippen LogP contribution in [0.4, 0.5) is 5.69 Å². The highest BCUT2D eigenvalue weighted by Gasteiger charge is 2.35. The van der Waals surface area contributed by atoms with Gasteiger partial charge in [-0.3, -0.25) is 19.8 Å². The minimum Gasteiger partial charge on any atom is -0.480 e. The molecule has 1 aromatic rings. The summed E-state index contributed by atoms with van der Waals surface area (Å²) < 4.78 is 0. The van der Waals surface area contributed by atoms with E-state index in [-0.39, 0.29) is 11.7 Å². The lowest BCUT2D eigenvalue weighted by Gasteiger charge is -2.30. The molecule has 1 aliphatic heterocycles. The van der Waals surface area contributed by atoms with Gasteiger partial charge in [-0.2, -0.15) is 0 Å². The zero-order valence-electron chi connectivity index (χ0n) is 11.4. The van der Waals surface area contributed by atoms with E-state index in [0.717, 1.165) is 24.9 Å². The van der Waals surface area contributed by atoms with Crippen LogP contribution in [0.3, 0.4) is 0 Å². The predicted octanol–water partition coefficient (Wildman–Crippen LogP) is 2.59. The van der Waals surface area contributed by atoms with Crippen LogP contribution in [0.15, 0.2) is 24.3 Å². The molecule has 2 atom stereocenters. The molecule has 1 saturated heterocycles. The van der Waals surface area contributed by atoms with Crippen LogP contribution in [-0.4, -0.2) is 33.5 Å². The number of nitrogens with zero attached hydrogens (tertiary/aromatic N) is 2. The van der Waals surface area contributed by atoms with Crippen molar-refractivity contribution in [3.05, 3.63) is 39.9 Å². The van der Waals surface area contributed by atoms with Crippen molar-refractivity contribution in [2.45, 2.75) is 38.3 Å². The van der Waals surface area contributed by atoms with E-state index in [0.29, 0.717) is 6.42 Å². The molecule has 6 nitrogen and oxygen atoms in total. The zero-order chi connectivity index (χ0) is 14.7. The van der Waals surface area contributed by atoms with Gasteiger partial charge in [0.1, 0.15) is 6.04 Å². The van der Waals surface area contributed by atoms with Gasteiger partial charge in [0.2, 0.25) is 0 Å². The Kier molecular flexibility index (Phi) is 4.34. The van der Waals surface area contributed by atoms with Gasteiger partial charge < -0.3 is 5.11 Å². The van der Waals surface area contributed by atoms with E-state index in [2.05, 4.69) is 0 Å². The summed E-state index contributed by atoms with van der Waals surface area (Å²) in [7, 11) is 0. The third-order valence-corrected chi connectivity index (χ3v) is 3.83. The molecule has 1 heterocycles. The van der Waals surface area contributed by atoms with E-state index in [4.69, 9.17) is 0 Å². The number of benzene rings is 1. The molecule has 108 valence electrons. The van der Waals surface area contributed by atoms with Gasteiger partial charge >= 0.3 is 5.97 Å². The normalized spacial score (nSPS) is 20.8. The largest absolute Gasteiger partial charge is 0.480 e. The number of nitro benzene ring substituents is 1. The van der Waals surface area contributed by atoms with Crippen LogP contribution in [0.2, 0.25) is 0 Å². The first kappa shape index (κ1) is 14.5. The summed E-state index contributed by atoms with van der Waals surface area (Å²) in [6.45, 7) is 2.69. The van der Waals surface area contributed by atoms with Crippen molar-refractivity contribution in [2.24, 2.45) is 0 Å². The number of likely N-dealkylation sites (tertiary alicyclic amines) is 1. The topological polar surface area (TPSA) is 83.7 Å². The summed E-state index contributed by atoms with van der Waals surface area (Å²) in [5.41, 5.74) is 0.863. The van der Waals surface area contributed by atoms with Crippen LogP contribution in [0, 0.1) is 10.1 Å². The second-order valence-electron chi connectivity index (χ2n) is 5.01. The van der Waals surface area contributed by atoms with Crippen LogP contribution in [-0.2, 0) is 4.79 Å². The number of hydrogen-bond donors (Lipinski definition) is 1. The molecule has 2 unspecified atom stereocenters. The molecule has 1 N–H and O–H groups in total. The minimum absolute atomic E-state index is 0.0482. The lowest BCUT2D eigenvalue weighted by atomic mass is 10.0. The van der Waals surface area contributed by atoms with Crippen LogP contribution in [0.1, 0.15) is 37.8 Å². The Hall–Kier alpha value is -1.95. The van der Waals surface area contributed by atoms with Crippen molar-refractivity contribution < 1.29 is 14.8 Å². The van der Waals surface area contributed by atoms with Crippen molar-refractivity contribution in [3.63, 3.8) is 0 Å². The number of carboxylic acids is 1. The fourth-order valence-electron chi connectivity index (χ4n) is 2.93. The van der Waals surface area contributed by atoms with Crippen molar-refractivity contribution in [1.29, 1.82) is 0 Å². The quantitative estimate of drug-likeness (QED) is 0.661. The highest BCUT2D eigenvalue weighted by Crippen LogP contribution is 2.33. The van der Waals surface area contributed by atoms with Crippen LogP contribution < -0.4 is 0 Å². The molecule has 0 aliphatic carbocycles. The third kappa shape index (κ3) is 2.80. The van der Waals surface area contributed by atoms with Gasteiger partial charge in [0.05, 0.1) is 4.92 Å². The molecule has 0 aromatic heterocycles. The number of carboxylic acid groups (broad SMARTS) is 1. The first-order valence-corrected chi connectivity index (χ1v) is 6.77. The molecule has 0 amide bonds. The molecule has 1 fully saturated rings. The fourth-order valence-corrected chi connectivity index (χ4v) is 2.93. The SMILES string of the molecule is CCC(c1cccc([N+](=O)[O-])c1)N1CCCC1C(=O)O. The fraction of sp³-hybridized carbons (Fsp3) is 0.500. The molecular weight excluding hydrogens is 260 g/mol. The maximum Gasteiger partial charge on any atom is 0.320 e. The average molecular weight is 278 g/mol. The van der Waals surface area contributed by atoms with Gasteiger partial charge in [0.25, 0.3) is 5.69 Å². The van der Waals surface area contributed by atoms with Gasteiger partial charge in [-0.15, -0.1) is 0 Å². The summed E-state index contributed by atoms with van der Waals surface area (Å²) in [4.78, 5) is 23.7. The van der Waals surface area contributed by atoms with Gasteiger partial charge in [0.15, 0.2) is 0 Å². The van der Waals surface area contributed by atoms with Crippen LogP contribution in [0.5, 0.6) is 0 Å². The number of nitro groups is 1. The number of rotatable bonds is 5. The summed E-state index contributed by atoms with van der Waals surface area (Å²) >= 11 is 0. The van der Waals surface area contributed by atoms with Crippen molar-refractivity contribution in [1.82, 2.24) is 4.90 Å². The maximum absolute atomic E-state index is 11.3. The van der Waals surface area contributed by atoms with E-state index >= 15 is 0 Å². The van der Waals surface area contributed by atoms with E-state index in [9.17, 15) is 20.0 Å². The smallest absolute Gasteiger partial charge is 0.320 e. The van der Waals surface area contributed by atoms with Gasteiger partial charge in [-0.1, -0.05) is 19.1 Å². The Morgan fingerprint density at radius 2 is 2.35 bits per heavy atom.